The lowest BCUT2D eigenvalue weighted by Crippen LogP contribution is -2.35. The van der Waals surface area contributed by atoms with Crippen LogP contribution in [0, 0.1) is 20.8 Å². The summed E-state index contributed by atoms with van der Waals surface area (Å²) in [7, 11) is 1.49. The molecule has 0 radical (unpaired) electrons. The van der Waals surface area contributed by atoms with Gasteiger partial charge in [0, 0.05) is 16.8 Å². The quantitative estimate of drug-likeness (QED) is 0.823. The van der Waals surface area contributed by atoms with Crippen LogP contribution in [0.4, 0.5) is 11.4 Å². The van der Waals surface area contributed by atoms with E-state index < -0.39 is 6.04 Å². The zero-order valence-electron chi connectivity index (χ0n) is 15.2. The minimum atomic E-state index is -0.608. The third kappa shape index (κ3) is 3.27. The van der Waals surface area contributed by atoms with Crippen LogP contribution >= 0.6 is 11.6 Å². The van der Waals surface area contributed by atoms with Gasteiger partial charge >= 0.3 is 0 Å². The average molecular weight is 373 g/mol. The molecule has 0 unspecified atom stereocenters. The monoisotopic (exact) mass is 372 g/mol. The summed E-state index contributed by atoms with van der Waals surface area (Å²) in [6.07, 6.45) is 0.0943. The van der Waals surface area contributed by atoms with E-state index in [0.717, 1.165) is 22.4 Å². The van der Waals surface area contributed by atoms with E-state index in [0.29, 0.717) is 16.5 Å². The van der Waals surface area contributed by atoms with Crippen molar-refractivity contribution in [3.05, 3.63) is 52.0 Å². The second-order valence-corrected chi connectivity index (χ2v) is 6.97. The molecule has 0 bridgehead atoms. The molecule has 1 fully saturated rings. The van der Waals surface area contributed by atoms with Crippen molar-refractivity contribution in [1.29, 1.82) is 0 Å². The second kappa shape index (κ2) is 7.00. The number of rotatable bonds is 4. The molecule has 0 spiro atoms. The molecule has 1 aliphatic rings. The van der Waals surface area contributed by atoms with Crippen molar-refractivity contribution in [3.63, 3.8) is 0 Å². The highest BCUT2D eigenvalue weighted by Crippen LogP contribution is 2.37. The number of benzene rings is 2. The number of nitrogens with one attached hydrogen (secondary N) is 1. The van der Waals surface area contributed by atoms with Gasteiger partial charge in [0.1, 0.15) is 11.8 Å². The molecule has 0 aromatic heterocycles. The number of hydrogen-bond donors (Lipinski definition) is 1. The summed E-state index contributed by atoms with van der Waals surface area (Å²) in [6, 6.07) is 8.69. The molecule has 0 saturated carbocycles. The van der Waals surface area contributed by atoms with E-state index in [2.05, 4.69) is 5.32 Å². The van der Waals surface area contributed by atoms with Crippen LogP contribution in [0.25, 0.3) is 0 Å². The molecule has 1 saturated heterocycles. The predicted molar refractivity (Wildman–Crippen MR) is 103 cm³/mol. The van der Waals surface area contributed by atoms with Gasteiger partial charge in [0.2, 0.25) is 5.91 Å². The number of halogens is 1. The molecule has 1 N–H and O–H groups in total. The highest BCUT2D eigenvalue weighted by molar-refractivity contribution is 6.32. The van der Waals surface area contributed by atoms with Crippen molar-refractivity contribution in [1.82, 2.24) is 0 Å². The Balaban J connectivity index is 1.93. The van der Waals surface area contributed by atoms with E-state index in [1.807, 2.05) is 39.0 Å². The van der Waals surface area contributed by atoms with Gasteiger partial charge in [-0.2, -0.15) is 0 Å². The summed E-state index contributed by atoms with van der Waals surface area (Å²) < 4.78 is 5.33. The molecule has 1 atom stereocenters. The van der Waals surface area contributed by atoms with E-state index in [9.17, 15) is 9.59 Å². The largest absolute Gasteiger partial charge is 0.495 e. The number of anilines is 2. The molecule has 2 aromatic rings. The summed E-state index contributed by atoms with van der Waals surface area (Å²) in [6.45, 7) is 5.77. The van der Waals surface area contributed by atoms with Crippen molar-refractivity contribution in [2.24, 2.45) is 0 Å². The summed E-state index contributed by atoms with van der Waals surface area (Å²) in [5.41, 5.74) is 4.16. The molecule has 6 heteroatoms. The molecule has 26 heavy (non-hydrogen) atoms. The fourth-order valence-electron chi connectivity index (χ4n) is 3.06. The predicted octanol–water partition coefficient (Wildman–Crippen LogP) is 4.02. The molecule has 3 rings (SSSR count). The Morgan fingerprint density at radius 3 is 2.54 bits per heavy atom. The summed E-state index contributed by atoms with van der Waals surface area (Å²) in [5.74, 6) is -0.163. The van der Waals surface area contributed by atoms with Crippen LogP contribution in [0.2, 0.25) is 5.02 Å². The van der Waals surface area contributed by atoms with E-state index in [4.69, 9.17) is 16.3 Å². The molecular formula is C20H21ClN2O3. The molecular weight excluding hydrogens is 352 g/mol. The molecule has 2 aromatic carbocycles. The number of hydrogen-bond acceptors (Lipinski definition) is 4. The minimum absolute atomic E-state index is 0.0943. The van der Waals surface area contributed by atoms with Crippen molar-refractivity contribution in [3.8, 4) is 5.75 Å². The van der Waals surface area contributed by atoms with Crippen LogP contribution in [0.15, 0.2) is 30.3 Å². The number of aryl methyl sites for hydroxylation is 3. The number of carbonyl (C=O) groups excluding carboxylic acids is 2. The number of nitrogens with zero attached hydrogens (tertiary/aromatic N) is 1. The number of amides is 2. The molecule has 136 valence electrons. The maximum atomic E-state index is 12.9. The van der Waals surface area contributed by atoms with E-state index >= 15 is 0 Å². The van der Waals surface area contributed by atoms with Crippen LogP contribution in [-0.4, -0.2) is 25.0 Å². The Bertz CT molecular complexity index is 895. The highest BCUT2D eigenvalue weighted by Gasteiger charge is 2.41. The first kappa shape index (κ1) is 18.3. The van der Waals surface area contributed by atoms with Crippen LogP contribution in [0.3, 0.4) is 0 Å². The summed E-state index contributed by atoms with van der Waals surface area (Å²) in [5, 5.41) is 3.74. The topological polar surface area (TPSA) is 58.6 Å². The van der Waals surface area contributed by atoms with Gasteiger partial charge in [-0.15, -0.1) is 0 Å². The fraction of sp³-hybridized carbons (Fsp3) is 0.300. The lowest BCUT2D eigenvalue weighted by Gasteiger charge is -2.20. The Morgan fingerprint density at radius 1 is 1.12 bits per heavy atom. The van der Waals surface area contributed by atoms with Crippen LogP contribution in [-0.2, 0) is 9.59 Å². The number of carbonyl (C=O) groups is 2. The van der Waals surface area contributed by atoms with Crippen LogP contribution < -0.4 is 15.0 Å². The van der Waals surface area contributed by atoms with E-state index in [1.165, 1.54) is 12.0 Å². The summed E-state index contributed by atoms with van der Waals surface area (Å²) in [4.78, 5) is 26.7. The lowest BCUT2D eigenvalue weighted by atomic mass is 10.1. The Kier molecular flexibility index (Phi) is 4.92. The van der Waals surface area contributed by atoms with Crippen molar-refractivity contribution in [2.75, 3.05) is 17.3 Å². The Morgan fingerprint density at radius 2 is 1.85 bits per heavy atom. The standard InChI is InChI=1S/C20H21ClN2O3/c1-11-5-6-12(2)15(7-11)22-16-10-19(24)23(20(16)25)17-8-13(3)14(21)9-18(17)26-4/h5-9,16,22H,10H2,1-4H3/t16-/m0/s1. The van der Waals surface area contributed by atoms with E-state index in [1.54, 1.807) is 12.1 Å². The van der Waals surface area contributed by atoms with Gasteiger partial charge in [0.15, 0.2) is 0 Å². The molecule has 5 nitrogen and oxygen atoms in total. The van der Waals surface area contributed by atoms with Gasteiger partial charge < -0.3 is 10.1 Å². The number of methoxy groups -OCH3 is 1. The van der Waals surface area contributed by atoms with Gasteiger partial charge in [0.25, 0.3) is 5.91 Å². The van der Waals surface area contributed by atoms with Crippen molar-refractivity contribution in [2.45, 2.75) is 33.2 Å². The van der Waals surface area contributed by atoms with E-state index in [-0.39, 0.29) is 18.2 Å². The van der Waals surface area contributed by atoms with Crippen molar-refractivity contribution >= 4 is 34.8 Å². The number of ether oxygens (including phenoxy) is 1. The molecule has 2 amide bonds. The molecule has 1 aliphatic heterocycles. The van der Waals surface area contributed by atoms with Gasteiger partial charge in [-0.1, -0.05) is 23.7 Å². The van der Waals surface area contributed by atoms with Gasteiger partial charge in [-0.05, 0) is 49.6 Å². The Labute approximate surface area is 157 Å². The average Bonchev–Trinajstić information content (AvgIpc) is 2.87. The van der Waals surface area contributed by atoms with Crippen LogP contribution in [0.5, 0.6) is 5.75 Å². The van der Waals surface area contributed by atoms with Crippen LogP contribution in [0.1, 0.15) is 23.1 Å². The Hall–Kier alpha value is -2.53. The van der Waals surface area contributed by atoms with Crippen molar-refractivity contribution < 1.29 is 14.3 Å². The smallest absolute Gasteiger partial charge is 0.256 e. The SMILES string of the molecule is COc1cc(Cl)c(C)cc1N1C(=O)C[C@H](Nc2cc(C)ccc2C)C1=O. The van der Waals surface area contributed by atoms with Gasteiger partial charge in [-0.25, -0.2) is 4.90 Å². The third-order valence-electron chi connectivity index (χ3n) is 4.57. The maximum Gasteiger partial charge on any atom is 0.256 e. The lowest BCUT2D eigenvalue weighted by molar-refractivity contribution is -0.121. The summed E-state index contributed by atoms with van der Waals surface area (Å²) >= 11 is 6.13. The molecule has 1 heterocycles. The van der Waals surface area contributed by atoms with Gasteiger partial charge in [-0.3, -0.25) is 9.59 Å². The first-order chi connectivity index (χ1) is 12.3. The fourth-order valence-corrected chi connectivity index (χ4v) is 3.22. The zero-order valence-corrected chi connectivity index (χ0v) is 16.0. The third-order valence-corrected chi connectivity index (χ3v) is 4.98. The maximum absolute atomic E-state index is 12.9. The van der Waals surface area contributed by atoms with Gasteiger partial charge in [0.05, 0.1) is 19.2 Å². The second-order valence-electron chi connectivity index (χ2n) is 6.56. The normalized spacial score (nSPS) is 17.0. The molecule has 0 aliphatic carbocycles. The minimum Gasteiger partial charge on any atom is -0.495 e. The number of imide groups is 1. The first-order valence-electron chi connectivity index (χ1n) is 8.36. The zero-order chi connectivity index (χ0) is 19.0. The highest BCUT2D eigenvalue weighted by atomic mass is 35.5. The first-order valence-corrected chi connectivity index (χ1v) is 8.74.